The van der Waals surface area contributed by atoms with Crippen molar-refractivity contribution in [1.82, 2.24) is 10.2 Å². The van der Waals surface area contributed by atoms with E-state index < -0.39 is 6.10 Å². The fourth-order valence-corrected chi connectivity index (χ4v) is 2.54. The fraction of sp³-hybridized carbons (Fsp3) is 0.562. The molecule has 1 heterocycles. The molecule has 0 aromatic heterocycles. The molecular formula is C16H23FN2O2. The van der Waals surface area contributed by atoms with E-state index in [0.717, 1.165) is 25.9 Å². The van der Waals surface area contributed by atoms with E-state index in [4.69, 9.17) is 4.74 Å². The van der Waals surface area contributed by atoms with Crippen molar-refractivity contribution in [3.8, 4) is 5.75 Å². The van der Waals surface area contributed by atoms with Crippen molar-refractivity contribution >= 4 is 5.91 Å². The SMILES string of the molecule is CNC(C)c1ccc(OC(C)C(=O)N2CCCC2)cc1F. The molecule has 0 spiro atoms. The second-order valence-electron chi connectivity index (χ2n) is 5.49. The van der Waals surface area contributed by atoms with Gasteiger partial charge in [-0.2, -0.15) is 0 Å². The zero-order chi connectivity index (χ0) is 15.4. The highest BCUT2D eigenvalue weighted by molar-refractivity contribution is 5.81. The van der Waals surface area contributed by atoms with Gasteiger partial charge in [0.25, 0.3) is 5.91 Å². The number of likely N-dealkylation sites (tertiary alicyclic amines) is 1. The maximum atomic E-state index is 14.0. The minimum absolute atomic E-state index is 0.0272. The molecule has 2 atom stereocenters. The summed E-state index contributed by atoms with van der Waals surface area (Å²) in [6.07, 6.45) is 1.50. The number of rotatable bonds is 5. The van der Waals surface area contributed by atoms with Crippen LogP contribution in [0.1, 0.15) is 38.3 Å². The van der Waals surface area contributed by atoms with Crippen molar-refractivity contribution in [3.63, 3.8) is 0 Å². The maximum absolute atomic E-state index is 14.0. The van der Waals surface area contributed by atoms with Gasteiger partial charge in [-0.3, -0.25) is 4.79 Å². The summed E-state index contributed by atoms with van der Waals surface area (Å²) in [5, 5.41) is 3.00. The molecule has 1 fully saturated rings. The average Bonchev–Trinajstić information content (AvgIpc) is 3.00. The predicted molar refractivity (Wildman–Crippen MR) is 79.8 cm³/mol. The summed E-state index contributed by atoms with van der Waals surface area (Å²) in [5.41, 5.74) is 0.586. The molecule has 0 bridgehead atoms. The quantitative estimate of drug-likeness (QED) is 0.907. The summed E-state index contributed by atoms with van der Waals surface area (Å²) in [5.74, 6) is 0.0374. The Kier molecular flexibility index (Phi) is 5.17. The molecule has 1 aromatic rings. The summed E-state index contributed by atoms with van der Waals surface area (Å²) >= 11 is 0. The number of nitrogens with zero attached hydrogens (tertiary/aromatic N) is 1. The third-order valence-electron chi connectivity index (χ3n) is 3.95. The average molecular weight is 294 g/mol. The molecule has 1 amide bonds. The van der Waals surface area contributed by atoms with Gasteiger partial charge in [-0.25, -0.2) is 4.39 Å². The van der Waals surface area contributed by atoms with E-state index in [-0.39, 0.29) is 17.8 Å². The third kappa shape index (κ3) is 3.73. The molecule has 1 saturated heterocycles. The van der Waals surface area contributed by atoms with E-state index in [0.29, 0.717) is 11.3 Å². The van der Waals surface area contributed by atoms with Gasteiger partial charge in [-0.15, -0.1) is 0 Å². The van der Waals surface area contributed by atoms with Crippen LogP contribution in [0.3, 0.4) is 0 Å². The lowest BCUT2D eigenvalue weighted by atomic mass is 10.1. The summed E-state index contributed by atoms with van der Waals surface area (Å²) in [7, 11) is 1.78. The smallest absolute Gasteiger partial charge is 0.263 e. The molecule has 1 aromatic carbocycles. The Morgan fingerprint density at radius 2 is 2.00 bits per heavy atom. The van der Waals surface area contributed by atoms with Crippen LogP contribution in [0.5, 0.6) is 5.75 Å². The van der Waals surface area contributed by atoms with Crippen molar-refractivity contribution in [2.45, 2.75) is 38.8 Å². The van der Waals surface area contributed by atoms with Crippen molar-refractivity contribution in [2.24, 2.45) is 0 Å². The zero-order valence-electron chi connectivity index (χ0n) is 12.9. The summed E-state index contributed by atoms with van der Waals surface area (Å²) in [4.78, 5) is 14.0. The zero-order valence-corrected chi connectivity index (χ0v) is 12.9. The highest BCUT2D eigenvalue weighted by atomic mass is 19.1. The number of ether oxygens (including phenoxy) is 1. The van der Waals surface area contributed by atoms with Crippen LogP contribution < -0.4 is 10.1 Å². The molecule has 1 N–H and O–H groups in total. The number of carbonyl (C=O) groups excluding carboxylic acids is 1. The molecule has 0 saturated carbocycles. The topological polar surface area (TPSA) is 41.6 Å². The number of halogens is 1. The van der Waals surface area contributed by atoms with Crippen LogP contribution in [0.4, 0.5) is 4.39 Å². The van der Waals surface area contributed by atoms with Gasteiger partial charge in [0.1, 0.15) is 11.6 Å². The third-order valence-corrected chi connectivity index (χ3v) is 3.95. The number of amides is 1. The lowest BCUT2D eigenvalue weighted by molar-refractivity contribution is -0.136. The van der Waals surface area contributed by atoms with Crippen LogP contribution >= 0.6 is 0 Å². The van der Waals surface area contributed by atoms with E-state index in [9.17, 15) is 9.18 Å². The lowest BCUT2D eigenvalue weighted by Crippen LogP contribution is -2.38. The largest absolute Gasteiger partial charge is 0.481 e. The molecule has 5 heteroatoms. The van der Waals surface area contributed by atoms with Crippen LogP contribution in [0.2, 0.25) is 0 Å². The van der Waals surface area contributed by atoms with Crippen molar-refractivity contribution in [3.05, 3.63) is 29.6 Å². The van der Waals surface area contributed by atoms with Gasteiger partial charge in [0.05, 0.1) is 0 Å². The summed E-state index contributed by atoms with van der Waals surface area (Å²) in [6.45, 7) is 5.18. The second kappa shape index (κ2) is 6.89. The number of hydrogen-bond donors (Lipinski definition) is 1. The van der Waals surface area contributed by atoms with Crippen LogP contribution in [-0.2, 0) is 4.79 Å². The molecule has 2 unspecified atom stereocenters. The first-order valence-corrected chi connectivity index (χ1v) is 7.45. The Hall–Kier alpha value is -1.62. The Morgan fingerprint density at radius 3 is 2.57 bits per heavy atom. The van der Waals surface area contributed by atoms with E-state index in [2.05, 4.69) is 5.32 Å². The van der Waals surface area contributed by atoms with Crippen molar-refractivity contribution in [1.29, 1.82) is 0 Å². The Bertz CT molecular complexity index is 501. The Labute approximate surface area is 125 Å². The normalized spacial score (nSPS) is 17.6. The first kappa shape index (κ1) is 15.8. The molecule has 2 rings (SSSR count). The van der Waals surface area contributed by atoms with Gasteiger partial charge in [-0.1, -0.05) is 6.07 Å². The van der Waals surface area contributed by atoms with Crippen LogP contribution in [0.25, 0.3) is 0 Å². The first-order valence-electron chi connectivity index (χ1n) is 7.45. The fourth-order valence-electron chi connectivity index (χ4n) is 2.54. The first-order chi connectivity index (χ1) is 10.0. The van der Waals surface area contributed by atoms with E-state index in [1.54, 1.807) is 31.0 Å². The molecular weight excluding hydrogens is 271 g/mol. The molecule has 1 aliphatic rings. The van der Waals surface area contributed by atoms with Gasteiger partial charge in [0.15, 0.2) is 6.10 Å². The Balaban J connectivity index is 2.02. The molecule has 0 aliphatic carbocycles. The van der Waals surface area contributed by atoms with Gasteiger partial charge in [0.2, 0.25) is 0 Å². The summed E-state index contributed by atoms with van der Waals surface area (Å²) in [6, 6.07) is 4.68. The van der Waals surface area contributed by atoms with Crippen LogP contribution in [0, 0.1) is 5.82 Å². The standard InChI is InChI=1S/C16H23FN2O2/c1-11(18-3)14-7-6-13(10-15(14)17)21-12(2)16(20)19-8-4-5-9-19/h6-7,10-12,18H,4-5,8-9H2,1-3H3. The van der Waals surface area contributed by atoms with E-state index in [1.165, 1.54) is 6.07 Å². The van der Waals surface area contributed by atoms with Crippen molar-refractivity contribution < 1.29 is 13.9 Å². The Morgan fingerprint density at radius 1 is 1.33 bits per heavy atom. The van der Waals surface area contributed by atoms with E-state index in [1.807, 2.05) is 6.92 Å². The van der Waals surface area contributed by atoms with Crippen molar-refractivity contribution in [2.75, 3.05) is 20.1 Å². The number of nitrogens with one attached hydrogen (secondary N) is 1. The molecule has 21 heavy (non-hydrogen) atoms. The van der Waals surface area contributed by atoms with Crippen LogP contribution in [0.15, 0.2) is 18.2 Å². The molecule has 4 nitrogen and oxygen atoms in total. The molecule has 116 valence electrons. The lowest BCUT2D eigenvalue weighted by Gasteiger charge is -2.21. The van der Waals surface area contributed by atoms with Gasteiger partial charge >= 0.3 is 0 Å². The number of benzene rings is 1. The minimum atomic E-state index is -0.588. The highest BCUT2D eigenvalue weighted by Crippen LogP contribution is 2.23. The van der Waals surface area contributed by atoms with Gasteiger partial charge < -0.3 is 15.0 Å². The number of hydrogen-bond acceptors (Lipinski definition) is 3. The number of carbonyl (C=O) groups is 1. The van der Waals surface area contributed by atoms with Crippen LogP contribution in [-0.4, -0.2) is 37.0 Å². The van der Waals surface area contributed by atoms with E-state index >= 15 is 0 Å². The minimum Gasteiger partial charge on any atom is -0.481 e. The predicted octanol–water partition coefficient (Wildman–Crippen LogP) is 2.50. The molecule has 1 aliphatic heterocycles. The maximum Gasteiger partial charge on any atom is 0.263 e. The second-order valence-corrected chi connectivity index (χ2v) is 5.49. The highest BCUT2D eigenvalue weighted by Gasteiger charge is 2.24. The van der Waals surface area contributed by atoms with Gasteiger partial charge in [0, 0.05) is 30.8 Å². The van der Waals surface area contributed by atoms with Gasteiger partial charge in [-0.05, 0) is 39.8 Å². The summed E-state index contributed by atoms with van der Waals surface area (Å²) < 4.78 is 19.6. The molecule has 0 radical (unpaired) electrons. The monoisotopic (exact) mass is 294 g/mol.